The molecule has 1 aromatic carbocycles. The molecule has 0 saturated carbocycles. The molecule has 1 aromatic heterocycles. The summed E-state index contributed by atoms with van der Waals surface area (Å²) in [6.45, 7) is 5.17. The molecule has 24 heavy (non-hydrogen) atoms. The molecule has 0 aliphatic carbocycles. The summed E-state index contributed by atoms with van der Waals surface area (Å²) in [6.07, 6.45) is 0. The second-order valence-electron chi connectivity index (χ2n) is 5.82. The predicted molar refractivity (Wildman–Crippen MR) is 90.6 cm³/mol. The fraction of sp³-hybridized carbons (Fsp3) is 0.444. The monoisotopic (exact) mass is 332 g/mol. The maximum Gasteiger partial charge on any atom is 0.225 e. The van der Waals surface area contributed by atoms with E-state index < -0.39 is 0 Å². The number of methoxy groups -OCH3 is 2. The van der Waals surface area contributed by atoms with E-state index >= 15 is 0 Å². The molecule has 0 aliphatic heterocycles. The largest absolute Gasteiger partial charge is 0.497 e. The van der Waals surface area contributed by atoms with Crippen molar-refractivity contribution in [1.29, 1.82) is 0 Å². The number of carbonyl (C=O) groups excluding carboxylic acids is 1. The van der Waals surface area contributed by atoms with E-state index in [4.69, 9.17) is 14.0 Å². The summed E-state index contributed by atoms with van der Waals surface area (Å²) in [6, 6.07) is 9.42. The minimum absolute atomic E-state index is 0.0676. The zero-order chi connectivity index (χ0) is 17.5. The van der Waals surface area contributed by atoms with Crippen molar-refractivity contribution in [2.75, 3.05) is 27.4 Å². The zero-order valence-electron chi connectivity index (χ0n) is 14.6. The highest BCUT2D eigenvalue weighted by Gasteiger charge is 2.19. The van der Waals surface area contributed by atoms with Crippen molar-refractivity contribution in [3.8, 4) is 17.1 Å². The minimum Gasteiger partial charge on any atom is -0.497 e. The van der Waals surface area contributed by atoms with Gasteiger partial charge in [-0.05, 0) is 12.1 Å². The number of benzene rings is 1. The number of nitrogens with zero attached hydrogens (tertiary/aromatic N) is 2. The van der Waals surface area contributed by atoms with Crippen LogP contribution in [0, 0.1) is 5.92 Å². The third-order valence-electron chi connectivity index (χ3n) is 3.64. The molecule has 130 valence electrons. The van der Waals surface area contributed by atoms with Gasteiger partial charge in [-0.2, -0.15) is 0 Å². The molecule has 1 amide bonds. The van der Waals surface area contributed by atoms with Gasteiger partial charge >= 0.3 is 0 Å². The second-order valence-corrected chi connectivity index (χ2v) is 5.82. The molecule has 2 rings (SSSR count). The lowest BCUT2D eigenvalue weighted by Gasteiger charge is -2.23. The van der Waals surface area contributed by atoms with Gasteiger partial charge in [0.2, 0.25) is 5.91 Å². The normalized spacial score (nSPS) is 10.9. The molecule has 0 unspecified atom stereocenters. The first kappa shape index (κ1) is 18.0. The Morgan fingerprint density at radius 3 is 2.75 bits per heavy atom. The summed E-state index contributed by atoms with van der Waals surface area (Å²) in [4.78, 5) is 14.0. The number of amides is 1. The molecule has 6 nitrogen and oxygen atoms in total. The number of ether oxygens (including phenoxy) is 2. The Kier molecular flexibility index (Phi) is 6.37. The van der Waals surface area contributed by atoms with Crippen LogP contribution in [0.1, 0.15) is 19.5 Å². The molecule has 1 heterocycles. The number of hydrogen-bond donors (Lipinski definition) is 0. The molecule has 0 atom stereocenters. The van der Waals surface area contributed by atoms with Crippen molar-refractivity contribution in [2.45, 2.75) is 20.4 Å². The van der Waals surface area contributed by atoms with Crippen LogP contribution in [0.15, 0.2) is 34.9 Å². The summed E-state index contributed by atoms with van der Waals surface area (Å²) in [5.41, 5.74) is 1.59. The van der Waals surface area contributed by atoms with E-state index in [2.05, 4.69) is 5.16 Å². The quantitative estimate of drug-likeness (QED) is 0.743. The maximum absolute atomic E-state index is 12.3. The standard InChI is InChI=1S/C18H24N2O4/c1-13(2)18(21)20(8-9-22-3)12-15-11-17(24-19-15)14-6-5-7-16(10-14)23-4/h5-7,10-11,13H,8-9,12H2,1-4H3. The number of aromatic nitrogens is 1. The van der Waals surface area contributed by atoms with Gasteiger partial charge in [0, 0.05) is 31.2 Å². The van der Waals surface area contributed by atoms with Crippen LogP contribution >= 0.6 is 0 Å². The average molecular weight is 332 g/mol. The van der Waals surface area contributed by atoms with Crippen LogP contribution < -0.4 is 4.74 Å². The Balaban J connectivity index is 2.14. The lowest BCUT2D eigenvalue weighted by Crippen LogP contribution is -2.36. The van der Waals surface area contributed by atoms with Gasteiger partial charge in [0.15, 0.2) is 5.76 Å². The van der Waals surface area contributed by atoms with E-state index in [1.54, 1.807) is 19.1 Å². The van der Waals surface area contributed by atoms with E-state index in [1.165, 1.54) is 0 Å². The van der Waals surface area contributed by atoms with E-state index in [0.29, 0.717) is 31.2 Å². The van der Waals surface area contributed by atoms with Crippen molar-refractivity contribution in [2.24, 2.45) is 5.92 Å². The smallest absolute Gasteiger partial charge is 0.225 e. The number of carbonyl (C=O) groups is 1. The fourth-order valence-corrected chi connectivity index (χ4v) is 2.33. The molecule has 0 spiro atoms. The van der Waals surface area contributed by atoms with Crippen LogP contribution in [-0.4, -0.2) is 43.3 Å². The van der Waals surface area contributed by atoms with Crippen molar-refractivity contribution in [3.63, 3.8) is 0 Å². The molecular formula is C18H24N2O4. The first-order chi connectivity index (χ1) is 11.5. The van der Waals surface area contributed by atoms with Crippen molar-refractivity contribution >= 4 is 5.91 Å². The first-order valence-electron chi connectivity index (χ1n) is 7.93. The lowest BCUT2D eigenvalue weighted by molar-refractivity contribution is -0.135. The van der Waals surface area contributed by atoms with Crippen molar-refractivity contribution in [1.82, 2.24) is 10.1 Å². The molecule has 0 N–H and O–H groups in total. The lowest BCUT2D eigenvalue weighted by atomic mass is 10.1. The minimum atomic E-state index is -0.0772. The predicted octanol–water partition coefficient (Wildman–Crippen LogP) is 2.98. The number of hydrogen-bond acceptors (Lipinski definition) is 5. The van der Waals surface area contributed by atoms with E-state index in [9.17, 15) is 4.79 Å². The Morgan fingerprint density at radius 1 is 1.29 bits per heavy atom. The molecular weight excluding hydrogens is 308 g/mol. The molecule has 0 aliphatic rings. The molecule has 0 radical (unpaired) electrons. The first-order valence-corrected chi connectivity index (χ1v) is 7.93. The van der Waals surface area contributed by atoms with Crippen LogP contribution in [0.4, 0.5) is 0 Å². The van der Waals surface area contributed by atoms with Gasteiger partial charge in [0.1, 0.15) is 11.4 Å². The van der Waals surface area contributed by atoms with Gasteiger partial charge in [0.25, 0.3) is 0 Å². The third-order valence-corrected chi connectivity index (χ3v) is 3.64. The van der Waals surface area contributed by atoms with E-state index in [1.807, 2.05) is 44.2 Å². The Morgan fingerprint density at radius 2 is 2.08 bits per heavy atom. The average Bonchev–Trinajstić information content (AvgIpc) is 3.06. The van der Waals surface area contributed by atoms with Crippen LogP contribution in [-0.2, 0) is 16.1 Å². The summed E-state index contributed by atoms with van der Waals surface area (Å²) in [5.74, 6) is 1.39. The summed E-state index contributed by atoms with van der Waals surface area (Å²) >= 11 is 0. The van der Waals surface area contributed by atoms with Gasteiger partial charge < -0.3 is 18.9 Å². The van der Waals surface area contributed by atoms with Gasteiger partial charge in [-0.25, -0.2) is 0 Å². The molecule has 0 saturated heterocycles. The van der Waals surface area contributed by atoms with Crippen LogP contribution in [0.2, 0.25) is 0 Å². The van der Waals surface area contributed by atoms with Gasteiger partial charge in [-0.3, -0.25) is 4.79 Å². The SMILES string of the molecule is COCCN(Cc1cc(-c2cccc(OC)c2)on1)C(=O)C(C)C. The Bertz CT molecular complexity index is 667. The summed E-state index contributed by atoms with van der Waals surface area (Å²) < 4.78 is 15.7. The highest BCUT2D eigenvalue weighted by Crippen LogP contribution is 2.25. The topological polar surface area (TPSA) is 64.8 Å². The Labute approximate surface area is 142 Å². The highest BCUT2D eigenvalue weighted by molar-refractivity contribution is 5.78. The fourth-order valence-electron chi connectivity index (χ4n) is 2.33. The third kappa shape index (κ3) is 4.58. The highest BCUT2D eigenvalue weighted by atomic mass is 16.5. The summed E-state index contributed by atoms with van der Waals surface area (Å²) in [5, 5.41) is 4.09. The van der Waals surface area contributed by atoms with Crippen LogP contribution in [0.25, 0.3) is 11.3 Å². The van der Waals surface area contributed by atoms with Gasteiger partial charge in [0.05, 0.1) is 20.3 Å². The van der Waals surface area contributed by atoms with Crippen LogP contribution in [0.5, 0.6) is 5.75 Å². The zero-order valence-corrected chi connectivity index (χ0v) is 14.6. The van der Waals surface area contributed by atoms with Gasteiger partial charge in [-0.15, -0.1) is 0 Å². The van der Waals surface area contributed by atoms with E-state index in [0.717, 1.165) is 11.3 Å². The maximum atomic E-state index is 12.3. The van der Waals surface area contributed by atoms with Crippen LogP contribution in [0.3, 0.4) is 0 Å². The van der Waals surface area contributed by atoms with Gasteiger partial charge in [-0.1, -0.05) is 31.1 Å². The molecule has 2 aromatic rings. The Hall–Kier alpha value is -2.34. The molecule has 0 bridgehead atoms. The van der Waals surface area contributed by atoms with E-state index in [-0.39, 0.29) is 11.8 Å². The summed E-state index contributed by atoms with van der Waals surface area (Å²) in [7, 11) is 3.24. The molecule has 6 heteroatoms. The second kappa shape index (κ2) is 8.49. The van der Waals surface area contributed by atoms with Crippen molar-refractivity contribution in [3.05, 3.63) is 36.0 Å². The molecule has 0 fully saturated rings. The van der Waals surface area contributed by atoms with Crippen molar-refractivity contribution < 1.29 is 18.8 Å². The number of rotatable bonds is 8.